The third-order valence-electron chi connectivity index (χ3n) is 5.23. The minimum Gasteiger partial charge on any atom is -0.493 e. The van der Waals surface area contributed by atoms with Gasteiger partial charge in [-0.3, -0.25) is 4.79 Å². The number of rotatable bonds is 7. The molecule has 2 aromatic carbocycles. The van der Waals surface area contributed by atoms with Gasteiger partial charge in [-0.1, -0.05) is 29.8 Å². The van der Waals surface area contributed by atoms with Gasteiger partial charge in [-0.05, 0) is 51.5 Å². The molecule has 4 aromatic rings. The monoisotopic (exact) mass is 478 g/mol. The molecule has 2 heterocycles. The van der Waals surface area contributed by atoms with Crippen molar-refractivity contribution in [3.8, 4) is 22.6 Å². The average molecular weight is 479 g/mol. The van der Waals surface area contributed by atoms with Crippen LogP contribution in [0.2, 0.25) is 0 Å². The first kappa shape index (κ1) is 23.5. The number of nitrogens with one attached hydrogen (secondary N) is 1. The zero-order valence-corrected chi connectivity index (χ0v) is 20.5. The molecule has 1 N–H and O–H groups in total. The molecule has 4 rings (SSSR count). The molecule has 0 unspecified atom stereocenters. The number of benzene rings is 2. The fraction of sp³-hybridized carbons (Fsp3) is 0.269. The molecule has 176 valence electrons. The number of esters is 1. The molecule has 0 atom stereocenters. The molecule has 0 bridgehead atoms. The van der Waals surface area contributed by atoms with E-state index in [4.69, 9.17) is 14.2 Å². The topological polar surface area (TPSA) is 90.5 Å². The molecule has 0 aliphatic heterocycles. The van der Waals surface area contributed by atoms with Gasteiger partial charge in [-0.25, -0.2) is 9.78 Å². The molecule has 0 saturated carbocycles. The van der Waals surface area contributed by atoms with Crippen molar-refractivity contribution in [3.05, 3.63) is 74.6 Å². The zero-order valence-electron chi connectivity index (χ0n) is 19.7. The van der Waals surface area contributed by atoms with Gasteiger partial charge in [0.05, 0.1) is 24.2 Å². The predicted molar refractivity (Wildman–Crippen MR) is 133 cm³/mol. The second-order valence-corrected chi connectivity index (χ2v) is 9.40. The number of H-pyrrole nitrogens is 1. The van der Waals surface area contributed by atoms with Gasteiger partial charge in [-0.15, -0.1) is 11.3 Å². The minimum atomic E-state index is -0.556. The molecule has 8 heteroatoms. The number of aryl methyl sites for hydroxylation is 2. The minimum absolute atomic E-state index is 0.0306. The number of hydrogen-bond acceptors (Lipinski definition) is 7. The Morgan fingerprint density at radius 2 is 1.82 bits per heavy atom. The normalized spacial score (nSPS) is 11.1. The zero-order chi connectivity index (χ0) is 24.4. The number of aromatic amines is 1. The van der Waals surface area contributed by atoms with E-state index in [1.165, 1.54) is 18.4 Å². The predicted octanol–water partition coefficient (Wildman–Crippen LogP) is 5.42. The van der Waals surface area contributed by atoms with Crippen LogP contribution in [0, 0.1) is 13.8 Å². The van der Waals surface area contributed by atoms with Gasteiger partial charge in [-0.2, -0.15) is 0 Å². The van der Waals surface area contributed by atoms with Crippen LogP contribution in [0.25, 0.3) is 21.3 Å². The van der Waals surface area contributed by atoms with Crippen molar-refractivity contribution in [2.24, 2.45) is 0 Å². The van der Waals surface area contributed by atoms with Gasteiger partial charge in [0.2, 0.25) is 0 Å². The Morgan fingerprint density at radius 3 is 2.50 bits per heavy atom. The quantitative estimate of drug-likeness (QED) is 0.357. The van der Waals surface area contributed by atoms with Crippen molar-refractivity contribution in [1.29, 1.82) is 0 Å². The highest BCUT2D eigenvalue weighted by molar-refractivity contribution is 7.19. The van der Waals surface area contributed by atoms with Crippen LogP contribution in [-0.4, -0.2) is 29.2 Å². The van der Waals surface area contributed by atoms with Crippen LogP contribution in [0.15, 0.2) is 47.3 Å². The summed E-state index contributed by atoms with van der Waals surface area (Å²) < 4.78 is 16.4. The standard InChI is InChI=1S/C26H26N2O5S/c1-14(2)33-19-11-10-18(12-20(19)31-5)26(30)32-13-21-27-24(29)23-22(16(4)34-25(23)28-21)17-8-6-15(3)7-9-17/h6-12,14H,13H2,1-5H3,(H,27,28,29). The largest absolute Gasteiger partial charge is 0.493 e. The lowest BCUT2D eigenvalue weighted by atomic mass is 10.0. The maximum atomic E-state index is 12.9. The van der Waals surface area contributed by atoms with Crippen molar-refractivity contribution in [3.63, 3.8) is 0 Å². The molecular weight excluding hydrogens is 452 g/mol. The van der Waals surface area contributed by atoms with Gasteiger partial charge >= 0.3 is 5.97 Å². The SMILES string of the molecule is COc1cc(C(=O)OCc2nc3sc(C)c(-c4ccc(C)cc4)c3c(=O)[nH]2)ccc1OC(C)C. The Bertz CT molecular complexity index is 1400. The highest BCUT2D eigenvalue weighted by Gasteiger charge is 2.18. The smallest absolute Gasteiger partial charge is 0.338 e. The average Bonchev–Trinajstić information content (AvgIpc) is 3.14. The van der Waals surface area contributed by atoms with Crippen LogP contribution in [0.4, 0.5) is 0 Å². The van der Waals surface area contributed by atoms with Crippen LogP contribution in [-0.2, 0) is 11.3 Å². The number of aromatic nitrogens is 2. The van der Waals surface area contributed by atoms with Crippen molar-refractivity contribution >= 4 is 27.5 Å². The highest BCUT2D eigenvalue weighted by Crippen LogP contribution is 2.35. The molecule has 0 saturated heterocycles. The van der Waals surface area contributed by atoms with E-state index in [9.17, 15) is 9.59 Å². The molecule has 7 nitrogen and oxygen atoms in total. The van der Waals surface area contributed by atoms with Crippen LogP contribution < -0.4 is 15.0 Å². The first-order chi connectivity index (χ1) is 16.3. The fourth-order valence-corrected chi connectivity index (χ4v) is 4.73. The molecular formula is C26H26N2O5S. The summed E-state index contributed by atoms with van der Waals surface area (Å²) in [4.78, 5) is 34.5. The van der Waals surface area contributed by atoms with Gasteiger partial charge in [0, 0.05) is 10.4 Å². The van der Waals surface area contributed by atoms with Crippen molar-refractivity contribution < 1.29 is 19.0 Å². The number of carbonyl (C=O) groups is 1. The number of ether oxygens (including phenoxy) is 3. The summed E-state index contributed by atoms with van der Waals surface area (Å²) in [7, 11) is 1.51. The fourth-order valence-electron chi connectivity index (χ4n) is 3.66. The molecule has 2 aromatic heterocycles. The molecule has 0 radical (unpaired) electrons. The Morgan fingerprint density at radius 1 is 1.09 bits per heavy atom. The molecule has 0 fully saturated rings. The van der Waals surface area contributed by atoms with Gasteiger partial charge in [0.25, 0.3) is 5.56 Å². The van der Waals surface area contributed by atoms with Gasteiger partial charge in [0.15, 0.2) is 11.5 Å². The first-order valence-electron chi connectivity index (χ1n) is 10.9. The number of carbonyl (C=O) groups excluding carboxylic acids is 1. The molecule has 0 amide bonds. The van der Waals surface area contributed by atoms with E-state index >= 15 is 0 Å². The Labute approximate surface area is 201 Å². The van der Waals surface area contributed by atoms with Crippen LogP contribution in [0.3, 0.4) is 0 Å². The summed E-state index contributed by atoms with van der Waals surface area (Å²) in [6.07, 6.45) is -0.0306. The third kappa shape index (κ3) is 4.82. The second-order valence-electron chi connectivity index (χ2n) is 8.20. The van der Waals surface area contributed by atoms with E-state index < -0.39 is 5.97 Å². The number of hydrogen-bond donors (Lipinski definition) is 1. The summed E-state index contributed by atoms with van der Waals surface area (Å²) in [6.45, 7) is 7.65. The van der Waals surface area contributed by atoms with E-state index in [1.54, 1.807) is 18.2 Å². The molecule has 0 aliphatic carbocycles. The maximum Gasteiger partial charge on any atom is 0.338 e. The van der Waals surface area contributed by atoms with E-state index in [0.717, 1.165) is 21.6 Å². The van der Waals surface area contributed by atoms with Crippen LogP contribution in [0.1, 0.15) is 40.5 Å². The van der Waals surface area contributed by atoms with Crippen molar-refractivity contribution in [2.75, 3.05) is 7.11 Å². The second kappa shape index (κ2) is 9.69. The van der Waals surface area contributed by atoms with Crippen LogP contribution >= 0.6 is 11.3 Å². The van der Waals surface area contributed by atoms with Crippen molar-refractivity contribution in [2.45, 2.75) is 40.4 Å². The summed E-state index contributed by atoms with van der Waals surface area (Å²) >= 11 is 1.45. The number of thiophene rings is 1. The van der Waals surface area contributed by atoms with E-state index in [1.807, 2.05) is 52.0 Å². The Hall–Kier alpha value is -3.65. The summed E-state index contributed by atoms with van der Waals surface area (Å²) in [6, 6.07) is 12.9. The molecule has 0 aliphatic rings. The first-order valence-corrected chi connectivity index (χ1v) is 11.7. The van der Waals surface area contributed by atoms with E-state index in [0.29, 0.717) is 27.3 Å². The van der Waals surface area contributed by atoms with Gasteiger partial charge in [0.1, 0.15) is 17.3 Å². The number of nitrogens with zero attached hydrogens (tertiary/aromatic N) is 1. The summed E-state index contributed by atoms with van der Waals surface area (Å²) in [5.41, 5.74) is 3.06. The number of methoxy groups -OCH3 is 1. The lowest BCUT2D eigenvalue weighted by molar-refractivity contribution is 0.0462. The van der Waals surface area contributed by atoms with E-state index in [-0.39, 0.29) is 24.1 Å². The van der Waals surface area contributed by atoms with E-state index in [2.05, 4.69) is 9.97 Å². The summed E-state index contributed by atoms with van der Waals surface area (Å²) in [5, 5.41) is 0.548. The lowest BCUT2D eigenvalue weighted by Crippen LogP contribution is -2.14. The lowest BCUT2D eigenvalue weighted by Gasteiger charge is -2.14. The number of fused-ring (bicyclic) bond motifs is 1. The summed E-state index contributed by atoms with van der Waals surface area (Å²) in [5.74, 6) is 0.714. The Kier molecular flexibility index (Phi) is 6.70. The van der Waals surface area contributed by atoms with Crippen molar-refractivity contribution in [1.82, 2.24) is 9.97 Å². The maximum absolute atomic E-state index is 12.9. The Balaban J connectivity index is 1.56. The van der Waals surface area contributed by atoms with Gasteiger partial charge < -0.3 is 19.2 Å². The molecule has 0 spiro atoms. The third-order valence-corrected chi connectivity index (χ3v) is 6.23. The highest BCUT2D eigenvalue weighted by atomic mass is 32.1. The molecule has 34 heavy (non-hydrogen) atoms. The van der Waals surface area contributed by atoms with Crippen LogP contribution in [0.5, 0.6) is 11.5 Å².